The summed E-state index contributed by atoms with van der Waals surface area (Å²) in [6.07, 6.45) is 8.53. The van der Waals surface area contributed by atoms with E-state index in [9.17, 15) is 9.59 Å². The first-order valence-corrected chi connectivity index (χ1v) is 8.80. The first-order chi connectivity index (χ1) is 11.1. The molecule has 0 saturated heterocycles. The van der Waals surface area contributed by atoms with Gasteiger partial charge in [-0.25, -0.2) is 0 Å². The molecule has 0 radical (unpaired) electrons. The van der Waals surface area contributed by atoms with Gasteiger partial charge in [-0.3, -0.25) is 9.59 Å². The van der Waals surface area contributed by atoms with Gasteiger partial charge in [0.25, 0.3) is 11.8 Å². The second kappa shape index (κ2) is 7.16. The van der Waals surface area contributed by atoms with Crippen molar-refractivity contribution in [3.05, 3.63) is 35.4 Å². The first-order valence-electron chi connectivity index (χ1n) is 8.80. The van der Waals surface area contributed by atoms with Crippen LogP contribution in [0.3, 0.4) is 0 Å². The summed E-state index contributed by atoms with van der Waals surface area (Å²) in [6.45, 7) is 0.836. The summed E-state index contributed by atoms with van der Waals surface area (Å²) >= 11 is 0. The van der Waals surface area contributed by atoms with Crippen molar-refractivity contribution in [1.82, 2.24) is 10.2 Å². The molecule has 1 N–H and O–H groups in total. The molecule has 0 heterocycles. The molecule has 23 heavy (non-hydrogen) atoms. The second-order valence-corrected chi connectivity index (χ2v) is 7.01. The van der Waals surface area contributed by atoms with Gasteiger partial charge in [-0.1, -0.05) is 19.3 Å². The van der Waals surface area contributed by atoms with E-state index in [-0.39, 0.29) is 11.8 Å². The summed E-state index contributed by atoms with van der Waals surface area (Å²) in [5, 5.41) is 2.96. The highest BCUT2D eigenvalue weighted by atomic mass is 16.2. The van der Waals surface area contributed by atoms with Gasteiger partial charge in [-0.2, -0.15) is 0 Å². The Bertz CT molecular complexity index is 557. The Morgan fingerprint density at radius 3 is 2.22 bits per heavy atom. The summed E-state index contributed by atoms with van der Waals surface area (Å²) in [5.41, 5.74) is 1.29. The van der Waals surface area contributed by atoms with Crippen LogP contribution in [0, 0.1) is 5.92 Å². The van der Waals surface area contributed by atoms with Crippen LogP contribution in [0.25, 0.3) is 0 Å². The number of carbonyl (C=O) groups excluding carboxylic acids is 2. The van der Waals surface area contributed by atoms with Crippen molar-refractivity contribution in [2.75, 3.05) is 13.6 Å². The fourth-order valence-corrected chi connectivity index (χ4v) is 3.32. The maximum absolute atomic E-state index is 12.5. The number of benzene rings is 1. The molecule has 2 saturated carbocycles. The monoisotopic (exact) mass is 314 g/mol. The van der Waals surface area contributed by atoms with Crippen molar-refractivity contribution in [3.63, 3.8) is 0 Å². The van der Waals surface area contributed by atoms with E-state index in [0.717, 1.165) is 19.4 Å². The highest BCUT2D eigenvalue weighted by Crippen LogP contribution is 2.24. The van der Waals surface area contributed by atoms with Gasteiger partial charge in [0.1, 0.15) is 0 Å². The van der Waals surface area contributed by atoms with Crippen LogP contribution in [0.2, 0.25) is 0 Å². The van der Waals surface area contributed by atoms with Crippen molar-refractivity contribution in [2.45, 2.75) is 51.0 Å². The third-order valence-corrected chi connectivity index (χ3v) is 4.91. The Hall–Kier alpha value is -1.84. The minimum Gasteiger partial charge on any atom is -0.349 e. The molecule has 0 unspecified atom stereocenters. The van der Waals surface area contributed by atoms with Crippen LogP contribution in [0.4, 0.5) is 0 Å². The molecule has 1 aromatic rings. The lowest BCUT2D eigenvalue weighted by Gasteiger charge is -2.27. The summed E-state index contributed by atoms with van der Waals surface area (Å²) in [6, 6.07) is 7.38. The lowest BCUT2D eigenvalue weighted by Crippen LogP contribution is -2.32. The zero-order valence-electron chi connectivity index (χ0n) is 13.9. The molecule has 0 bridgehead atoms. The summed E-state index contributed by atoms with van der Waals surface area (Å²) < 4.78 is 0. The molecular formula is C19H26N2O2. The van der Waals surface area contributed by atoms with Gasteiger partial charge in [-0.15, -0.1) is 0 Å². The van der Waals surface area contributed by atoms with Crippen molar-refractivity contribution in [2.24, 2.45) is 5.92 Å². The van der Waals surface area contributed by atoms with Crippen LogP contribution in [0.15, 0.2) is 24.3 Å². The molecule has 4 heteroatoms. The van der Waals surface area contributed by atoms with Gasteiger partial charge in [0, 0.05) is 30.8 Å². The molecular weight excluding hydrogens is 288 g/mol. The van der Waals surface area contributed by atoms with Crippen molar-refractivity contribution in [1.29, 1.82) is 0 Å². The molecule has 3 rings (SSSR count). The largest absolute Gasteiger partial charge is 0.349 e. The molecule has 4 nitrogen and oxygen atoms in total. The minimum atomic E-state index is -0.0398. The van der Waals surface area contributed by atoms with E-state index in [1.807, 2.05) is 11.9 Å². The van der Waals surface area contributed by atoms with E-state index in [1.165, 1.54) is 32.1 Å². The van der Waals surface area contributed by atoms with Crippen molar-refractivity contribution in [3.8, 4) is 0 Å². The number of hydrogen-bond donors (Lipinski definition) is 1. The van der Waals surface area contributed by atoms with Gasteiger partial charge in [-0.05, 0) is 55.9 Å². The minimum absolute atomic E-state index is 0.0398. The summed E-state index contributed by atoms with van der Waals surface area (Å²) in [4.78, 5) is 26.3. The van der Waals surface area contributed by atoms with Crippen molar-refractivity contribution < 1.29 is 9.59 Å². The smallest absolute Gasteiger partial charge is 0.253 e. The van der Waals surface area contributed by atoms with Crippen LogP contribution in [0.5, 0.6) is 0 Å². The molecule has 2 aliphatic carbocycles. The standard InChI is InChI=1S/C19H26N2O2/c1-21(13-14-5-3-2-4-6-14)19(23)16-9-7-15(8-10-16)18(22)20-17-11-12-17/h7-10,14,17H,2-6,11-13H2,1H3,(H,20,22). The van der Waals surface area contributed by atoms with E-state index in [4.69, 9.17) is 0 Å². The SMILES string of the molecule is CN(CC1CCCCC1)C(=O)c1ccc(C(=O)NC2CC2)cc1. The number of hydrogen-bond acceptors (Lipinski definition) is 2. The molecule has 1 aromatic carbocycles. The van der Waals surface area contributed by atoms with E-state index >= 15 is 0 Å². The summed E-state index contributed by atoms with van der Waals surface area (Å²) in [5.74, 6) is 0.646. The average molecular weight is 314 g/mol. The lowest BCUT2D eigenvalue weighted by molar-refractivity contribution is 0.0760. The average Bonchev–Trinajstić information content (AvgIpc) is 3.39. The Labute approximate surface area is 138 Å². The van der Waals surface area contributed by atoms with Crippen molar-refractivity contribution >= 4 is 11.8 Å². The maximum atomic E-state index is 12.5. The van der Waals surface area contributed by atoms with Crippen LogP contribution in [-0.2, 0) is 0 Å². The Morgan fingerprint density at radius 1 is 1.00 bits per heavy atom. The molecule has 2 aliphatic rings. The number of carbonyl (C=O) groups is 2. The third-order valence-electron chi connectivity index (χ3n) is 4.91. The lowest BCUT2D eigenvalue weighted by atomic mass is 9.89. The predicted molar refractivity (Wildman–Crippen MR) is 90.5 cm³/mol. The van der Waals surface area contributed by atoms with Gasteiger partial charge in [0.2, 0.25) is 0 Å². The molecule has 2 amide bonds. The Balaban J connectivity index is 1.56. The molecule has 0 aromatic heterocycles. The molecule has 124 valence electrons. The van der Waals surface area contributed by atoms with E-state index < -0.39 is 0 Å². The van der Waals surface area contributed by atoms with E-state index in [0.29, 0.717) is 23.1 Å². The Morgan fingerprint density at radius 2 is 1.61 bits per heavy atom. The third kappa shape index (κ3) is 4.34. The fourth-order valence-electron chi connectivity index (χ4n) is 3.32. The Kier molecular flexibility index (Phi) is 4.99. The van der Waals surface area contributed by atoms with Crippen LogP contribution in [-0.4, -0.2) is 36.3 Å². The maximum Gasteiger partial charge on any atom is 0.253 e. The van der Waals surface area contributed by atoms with Gasteiger partial charge < -0.3 is 10.2 Å². The fraction of sp³-hybridized carbons (Fsp3) is 0.579. The quantitative estimate of drug-likeness (QED) is 0.907. The second-order valence-electron chi connectivity index (χ2n) is 7.01. The van der Waals surface area contributed by atoms with E-state index in [1.54, 1.807) is 24.3 Å². The van der Waals surface area contributed by atoms with Gasteiger partial charge in [0.05, 0.1) is 0 Å². The number of amides is 2. The molecule has 2 fully saturated rings. The van der Waals surface area contributed by atoms with Gasteiger partial charge >= 0.3 is 0 Å². The van der Waals surface area contributed by atoms with Crippen LogP contribution >= 0.6 is 0 Å². The van der Waals surface area contributed by atoms with E-state index in [2.05, 4.69) is 5.32 Å². The van der Waals surface area contributed by atoms with Crippen LogP contribution < -0.4 is 5.32 Å². The highest BCUT2D eigenvalue weighted by molar-refractivity contribution is 5.97. The normalized spacial score (nSPS) is 18.5. The molecule has 0 aliphatic heterocycles. The van der Waals surface area contributed by atoms with Crippen LogP contribution in [0.1, 0.15) is 65.7 Å². The first kappa shape index (κ1) is 16.0. The highest BCUT2D eigenvalue weighted by Gasteiger charge is 2.24. The number of nitrogens with zero attached hydrogens (tertiary/aromatic N) is 1. The zero-order valence-corrected chi connectivity index (χ0v) is 13.9. The number of nitrogens with one attached hydrogen (secondary N) is 1. The topological polar surface area (TPSA) is 49.4 Å². The predicted octanol–water partition coefficient (Wildman–Crippen LogP) is 3.23. The summed E-state index contributed by atoms with van der Waals surface area (Å²) in [7, 11) is 1.88. The zero-order chi connectivity index (χ0) is 16.2. The molecule has 0 spiro atoms. The number of rotatable bonds is 5. The van der Waals surface area contributed by atoms with Gasteiger partial charge in [0.15, 0.2) is 0 Å². The molecule has 0 atom stereocenters.